The number of benzene rings is 1. The Balaban J connectivity index is 1.92. The van der Waals surface area contributed by atoms with E-state index in [1.165, 1.54) is 4.88 Å². The van der Waals surface area contributed by atoms with Gasteiger partial charge in [-0.2, -0.15) is 0 Å². The van der Waals surface area contributed by atoms with E-state index in [4.69, 9.17) is 16.3 Å². The predicted molar refractivity (Wildman–Crippen MR) is 87.2 cm³/mol. The van der Waals surface area contributed by atoms with Crippen molar-refractivity contribution >= 4 is 28.8 Å². The number of ether oxygens (including phenoxy) is 1. The third-order valence-electron chi connectivity index (χ3n) is 3.11. The van der Waals surface area contributed by atoms with Gasteiger partial charge in [0.1, 0.15) is 11.1 Å². The quantitative estimate of drug-likeness (QED) is 0.821. The first-order valence-corrected chi connectivity index (χ1v) is 8.02. The molecule has 2 atom stereocenters. The summed E-state index contributed by atoms with van der Waals surface area (Å²) in [6.07, 6.45) is 0.815. The largest absolute Gasteiger partial charge is 0.497 e. The zero-order chi connectivity index (χ0) is 15.2. The van der Waals surface area contributed by atoms with Crippen molar-refractivity contribution < 1.29 is 9.53 Å². The van der Waals surface area contributed by atoms with Crippen LogP contribution in [0.3, 0.4) is 0 Å². The first-order chi connectivity index (χ1) is 10.1. The number of amides is 1. The molecule has 0 saturated heterocycles. The second kappa shape index (κ2) is 7.48. The molecule has 0 aliphatic heterocycles. The molecule has 2 unspecified atom stereocenters. The van der Waals surface area contributed by atoms with Crippen molar-refractivity contribution in [1.29, 1.82) is 0 Å². The lowest BCUT2D eigenvalue weighted by molar-refractivity contribution is -0.121. The molecule has 1 heterocycles. The van der Waals surface area contributed by atoms with E-state index in [0.717, 1.165) is 17.7 Å². The maximum atomic E-state index is 12.2. The minimum absolute atomic E-state index is 0.0515. The lowest BCUT2D eigenvalue weighted by Crippen LogP contribution is -2.36. The monoisotopic (exact) mass is 323 g/mol. The number of hydrogen-bond acceptors (Lipinski definition) is 3. The molecule has 3 nitrogen and oxygen atoms in total. The van der Waals surface area contributed by atoms with Crippen LogP contribution in [0.1, 0.15) is 22.7 Å². The molecule has 0 spiro atoms. The van der Waals surface area contributed by atoms with Crippen LogP contribution >= 0.6 is 22.9 Å². The van der Waals surface area contributed by atoms with Gasteiger partial charge in [-0.15, -0.1) is 22.9 Å². The maximum absolute atomic E-state index is 12.2. The van der Waals surface area contributed by atoms with E-state index in [0.29, 0.717) is 0 Å². The van der Waals surface area contributed by atoms with Crippen molar-refractivity contribution in [3.05, 3.63) is 52.2 Å². The average Bonchev–Trinajstić information content (AvgIpc) is 2.99. The molecule has 0 saturated carbocycles. The molecule has 112 valence electrons. The first kappa shape index (κ1) is 15.9. The van der Waals surface area contributed by atoms with Crippen molar-refractivity contribution in [3.63, 3.8) is 0 Å². The second-order valence-electron chi connectivity index (χ2n) is 4.83. The molecule has 0 radical (unpaired) electrons. The summed E-state index contributed by atoms with van der Waals surface area (Å²) in [5.74, 6) is 0.569. The number of carbonyl (C=O) groups is 1. The van der Waals surface area contributed by atoms with E-state index in [1.54, 1.807) is 42.7 Å². The maximum Gasteiger partial charge on any atom is 0.242 e. The Labute approximate surface area is 133 Å². The van der Waals surface area contributed by atoms with Crippen LogP contribution in [0.5, 0.6) is 5.75 Å². The Morgan fingerprint density at radius 1 is 1.33 bits per heavy atom. The van der Waals surface area contributed by atoms with Gasteiger partial charge in [0.05, 0.1) is 7.11 Å². The van der Waals surface area contributed by atoms with Crippen LogP contribution in [0.15, 0.2) is 41.8 Å². The molecule has 2 aromatic rings. The van der Waals surface area contributed by atoms with Gasteiger partial charge in [0.25, 0.3) is 0 Å². The minimum Gasteiger partial charge on any atom is -0.497 e. The highest BCUT2D eigenvalue weighted by Crippen LogP contribution is 2.23. The summed E-state index contributed by atoms with van der Waals surface area (Å²) in [4.78, 5) is 13.4. The normalized spacial score (nSPS) is 13.5. The van der Waals surface area contributed by atoms with Crippen molar-refractivity contribution in [2.45, 2.75) is 24.8 Å². The lowest BCUT2D eigenvalue weighted by Gasteiger charge is -2.16. The molecular formula is C16H18ClNO2S. The molecule has 0 aliphatic rings. The zero-order valence-electron chi connectivity index (χ0n) is 12.0. The molecule has 1 amide bonds. The minimum atomic E-state index is -0.693. The third-order valence-corrected chi connectivity index (χ3v) is 4.46. The van der Waals surface area contributed by atoms with Gasteiger partial charge in [-0.05, 0) is 36.1 Å². The van der Waals surface area contributed by atoms with Crippen molar-refractivity contribution in [1.82, 2.24) is 5.32 Å². The molecule has 0 bridgehead atoms. The molecule has 1 aromatic carbocycles. The van der Waals surface area contributed by atoms with E-state index in [1.807, 2.05) is 18.4 Å². The van der Waals surface area contributed by atoms with E-state index < -0.39 is 5.38 Å². The smallest absolute Gasteiger partial charge is 0.242 e. The Hall–Kier alpha value is -1.52. The van der Waals surface area contributed by atoms with Gasteiger partial charge >= 0.3 is 0 Å². The summed E-state index contributed by atoms with van der Waals surface area (Å²) in [6, 6.07) is 11.3. The van der Waals surface area contributed by atoms with Crippen LogP contribution in [0.25, 0.3) is 0 Å². The summed E-state index contributed by atoms with van der Waals surface area (Å²) >= 11 is 7.92. The highest BCUT2D eigenvalue weighted by Gasteiger charge is 2.19. The predicted octanol–water partition coefficient (Wildman–Crippen LogP) is 3.78. The third kappa shape index (κ3) is 4.48. The van der Waals surface area contributed by atoms with E-state index in [9.17, 15) is 4.79 Å². The number of methoxy groups -OCH3 is 1. The lowest BCUT2D eigenvalue weighted by atomic mass is 10.1. The SMILES string of the molecule is COc1ccc(C(Cl)C(=O)NC(C)Cc2cccs2)cc1. The number of carbonyl (C=O) groups excluding carboxylic acids is 1. The van der Waals surface area contributed by atoms with Gasteiger partial charge in [0.15, 0.2) is 0 Å². The number of nitrogens with one attached hydrogen (secondary N) is 1. The molecule has 1 N–H and O–H groups in total. The van der Waals surface area contributed by atoms with Crippen LogP contribution in [0.2, 0.25) is 0 Å². The molecular weight excluding hydrogens is 306 g/mol. The molecule has 5 heteroatoms. The summed E-state index contributed by atoms with van der Waals surface area (Å²) in [5, 5.41) is 4.29. The summed E-state index contributed by atoms with van der Waals surface area (Å²) in [5.41, 5.74) is 0.762. The van der Waals surface area contributed by atoms with Gasteiger partial charge in [-0.1, -0.05) is 18.2 Å². The number of thiophene rings is 1. The Kier molecular flexibility index (Phi) is 5.65. The average molecular weight is 324 g/mol. The highest BCUT2D eigenvalue weighted by atomic mass is 35.5. The van der Waals surface area contributed by atoms with Crippen LogP contribution in [0.4, 0.5) is 0 Å². The van der Waals surface area contributed by atoms with E-state index in [-0.39, 0.29) is 11.9 Å². The summed E-state index contributed by atoms with van der Waals surface area (Å²) in [7, 11) is 1.60. The van der Waals surface area contributed by atoms with Gasteiger partial charge in [0.2, 0.25) is 5.91 Å². The van der Waals surface area contributed by atoms with Crippen LogP contribution in [-0.2, 0) is 11.2 Å². The van der Waals surface area contributed by atoms with Gasteiger partial charge in [-0.3, -0.25) is 4.79 Å². The number of hydrogen-bond donors (Lipinski definition) is 1. The zero-order valence-corrected chi connectivity index (χ0v) is 13.6. The summed E-state index contributed by atoms with van der Waals surface area (Å²) in [6.45, 7) is 1.98. The van der Waals surface area contributed by atoms with Crippen molar-refractivity contribution in [2.75, 3.05) is 7.11 Å². The first-order valence-electron chi connectivity index (χ1n) is 6.71. The fraction of sp³-hybridized carbons (Fsp3) is 0.312. The van der Waals surface area contributed by atoms with Gasteiger partial charge < -0.3 is 10.1 Å². The Morgan fingerprint density at radius 3 is 2.62 bits per heavy atom. The highest BCUT2D eigenvalue weighted by molar-refractivity contribution is 7.09. The Bertz CT molecular complexity index is 568. The van der Waals surface area contributed by atoms with Gasteiger partial charge in [0, 0.05) is 17.3 Å². The van der Waals surface area contributed by atoms with Crippen molar-refractivity contribution in [3.8, 4) is 5.75 Å². The Morgan fingerprint density at radius 2 is 2.05 bits per heavy atom. The molecule has 1 aromatic heterocycles. The van der Waals surface area contributed by atoms with Crippen molar-refractivity contribution in [2.24, 2.45) is 0 Å². The molecule has 2 rings (SSSR count). The number of alkyl halides is 1. The van der Waals surface area contributed by atoms with Crippen LogP contribution in [-0.4, -0.2) is 19.1 Å². The van der Waals surface area contributed by atoms with E-state index in [2.05, 4.69) is 11.4 Å². The van der Waals surface area contributed by atoms with Crippen LogP contribution < -0.4 is 10.1 Å². The fourth-order valence-corrected chi connectivity index (χ4v) is 3.07. The standard InChI is InChI=1S/C16H18ClNO2S/c1-11(10-14-4-3-9-21-14)18-16(19)15(17)12-5-7-13(20-2)8-6-12/h3-9,11,15H,10H2,1-2H3,(H,18,19). The topological polar surface area (TPSA) is 38.3 Å². The second-order valence-corrected chi connectivity index (χ2v) is 6.30. The molecule has 21 heavy (non-hydrogen) atoms. The number of rotatable bonds is 6. The van der Waals surface area contributed by atoms with Gasteiger partial charge in [-0.25, -0.2) is 0 Å². The number of halogens is 1. The van der Waals surface area contributed by atoms with Crippen LogP contribution in [0, 0.1) is 0 Å². The van der Waals surface area contributed by atoms with E-state index >= 15 is 0 Å². The molecule has 0 fully saturated rings. The fourth-order valence-electron chi connectivity index (χ4n) is 2.02. The molecule has 0 aliphatic carbocycles. The summed E-state index contributed by atoms with van der Waals surface area (Å²) < 4.78 is 5.09.